The zero-order valence-corrected chi connectivity index (χ0v) is 18.6. The summed E-state index contributed by atoms with van der Waals surface area (Å²) < 4.78 is 16.9. The SMILES string of the molecule is CC.CCC(CC)OC(=O)CNP(Oc1ccccc1)Oc1ccc([N+](=O)[O-])cc1. The van der Waals surface area contributed by atoms with Crippen molar-refractivity contribution >= 4 is 20.2 Å². The third kappa shape index (κ3) is 9.20. The molecule has 0 bridgehead atoms. The molecule has 0 heterocycles. The van der Waals surface area contributed by atoms with Crippen molar-refractivity contribution in [3.05, 3.63) is 64.7 Å². The highest BCUT2D eigenvalue weighted by molar-refractivity contribution is 7.45. The Balaban J connectivity index is 0.00000218. The summed E-state index contributed by atoms with van der Waals surface area (Å²) in [5.74, 6) is 0.551. The van der Waals surface area contributed by atoms with Crippen LogP contribution in [0.25, 0.3) is 0 Å². The van der Waals surface area contributed by atoms with Crippen LogP contribution in [0.5, 0.6) is 11.5 Å². The molecule has 30 heavy (non-hydrogen) atoms. The molecule has 8 nitrogen and oxygen atoms in total. The number of esters is 1. The van der Waals surface area contributed by atoms with Crippen LogP contribution in [0.15, 0.2) is 54.6 Å². The number of carbonyl (C=O) groups is 1. The molecule has 0 saturated carbocycles. The number of hydrogen-bond acceptors (Lipinski definition) is 7. The zero-order chi connectivity index (χ0) is 22.4. The maximum absolute atomic E-state index is 12.0. The standard InChI is InChI=1S/C19H23N2O6P.C2H6/c1-3-16(4-2)25-19(22)14-20-28(26-17-8-6-5-7-9-17)27-18-12-10-15(11-13-18)21(23)24;1-2/h5-13,16,20H,3-4,14H2,1-2H3;1-2H3. The normalized spacial score (nSPS) is 11.1. The Morgan fingerprint density at radius 2 is 1.53 bits per heavy atom. The van der Waals surface area contributed by atoms with E-state index < -0.39 is 19.4 Å². The smallest absolute Gasteiger partial charge is 0.382 e. The van der Waals surface area contributed by atoms with Gasteiger partial charge >= 0.3 is 14.5 Å². The second-order valence-electron chi connectivity index (χ2n) is 5.77. The lowest BCUT2D eigenvalue weighted by atomic mass is 10.2. The number of nitro benzene ring substituents is 1. The Hall–Kier alpha value is -2.70. The van der Waals surface area contributed by atoms with Crippen LogP contribution in [0.2, 0.25) is 0 Å². The summed E-state index contributed by atoms with van der Waals surface area (Å²) in [6.07, 6.45) is 1.37. The van der Waals surface area contributed by atoms with Crippen LogP contribution in [-0.2, 0) is 9.53 Å². The summed E-state index contributed by atoms with van der Waals surface area (Å²) >= 11 is 0. The Kier molecular flexibility index (Phi) is 12.1. The van der Waals surface area contributed by atoms with Crippen LogP contribution in [0.1, 0.15) is 40.5 Å². The maximum atomic E-state index is 12.0. The largest absolute Gasteiger partial charge is 0.461 e. The zero-order valence-electron chi connectivity index (χ0n) is 17.7. The minimum absolute atomic E-state index is 0.0395. The molecule has 2 aromatic carbocycles. The maximum Gasteiger partial charge on any atom is 0.382 e. The van der Waals surface area contributed by atoms with E-state index in [0.717, 1.165) is 12.8 Å². The molecule has 164 valence electrons. The summed E-state index contributed by atoms with van der Waals surface area (Å²) in [6, 6.07) is 14.6. The van der Waals surface area contributed by atoms with E-state index in [-0.39, 0.29) is 18.3 Å². The van der Waals surface area contributed by atoms with Gasteiger partial charge in [0.2, 0.25) is 0 Å². The van der Waals surface area contributed by atoms with Gasteiger partial charge < -0.3 is 13.8 Å². The number of rotatable bonds is 11. The molecule has 1 N–H and O–H groups in total. The lowest BCUT2D eigenvalue weighted by Crippen LogP contribution is -2.27. The average molecular weight is 436 g/mol. The van der Waals surface area contributed by atoms with Crippen LogP contribution in [-0.4, -0.2) is 23.5 Å². The van der Waals surface area contributed by atoms with Gasteiger partial charge in [0.15, 0.2) is 0 Å². The van der Waals surface area contributed by atoms with Crippen molar-refractivity contribution in [2.45, 2.75) is 46.6 Å². The molecule has 0 spiro atoms. The van der Waals surface area contributed by atoms with Gasteiger partial charge in [-0.3, -0.25) is 14.9 Å². The van der Waals surface area contributed by atoms with Gasteiger partial charge in [-0.05, 0) is 37.1 Å². The molecule has 0 radical (unpaired) electrons. The quantitative estimate of drug-likeness (QED) is 0.211. The van der Waals surface area contributed by atoms with Crippen LogP contribution >= 0.6 is 8.53 Å². The summed E-state index contributed by atoms with van der Waals surface area (Å²) in [4.78, 5) is 22.3. The number of benzene rings is 2. The van der Waals surface area contributed by atoms with Gasteiger partial charge in [0.1, 0.15) is 24.1 Å². The number of para-hydroxylation sites is 1. The number of hydrogen-bond donors (Lipinski definition) is 1. The fourth-order valence-electron chi connectivity index (χ4n) is 2.20. The van der Waals surface area contributed by atoms with Gasteiger partial charge in [-0.2, -0.15) is 0 Å². The van der Waals surface area contributed by atoms with Gasteiger partial charge in [0.25, 0.3) is 5.69 Å². The summed E-state index contributed by atoms with van der Waals surface area (Å²) in [5.41, 5.74) is -0.0395. The van der Waals surface area contributed by atoms with Crippen molar-refractivity contribution in [1.29, 1.82) is 0 Å². The van der Waals surface area contributed by atoms with E-state index in [0.29, 0.717) is 11.5 Å². The molecule has 0 fully saturated rings. The van der Waals surface area contributed by atoms with E-state index in [4.69, 9.17) is 13.8 Å². The number of carbonyl (C=O) groups excluding carboxylic acids is 1. The number of nitrogens with one attached hydrogen (secondary N) is 1. The number of nitro groups is 1. The lowest BCUT2D eigenvalue weighted by Gasteiger charge is -2.19. The Morgan fingerprint density at radius 1 is 1.00 bits per heavy atom. The van der Waals surface area contributed by atoms with E-state index in [1.807, 2.05) is 45.9 Å². The van der Waals surface area contributed by atoms with Crippen LogP contribution in [0, 0.1) is 10.1 Å². The van der Waals surface area contributed by atoms with E-state index >= 15 is 0 Å². The molecule has 0 aliphatic heterocycles. The fraction of sp³-hybridized carbons (Fsp3) is 0.381. The second-order valence-corrected chi connectivity index (χ2v) is 6.96. The van der Waals surface area contributed by atoms with Crippen molar-refractivity contribution in [2.24, 2.45) is 0 Å². The first-order valence-electron chi connectivity index (χ1n) is 9.90. The molecule has 9 heteroatoms. The molecule has 2 aromatic rings. The van der Waals surface area contributed by atoms with Crippen molar-refractivity contribution in [1.82, 2.24) is 5.09 Å². The molecule has 0 aromatic heterocycles. The van der Waals surface area contributed by atoms with E-state index in [2.05, 4.69) is 5.09 Å². The lowest BCUT2D eigenvalue weighted by molar-refractivity contribution is -0.384. The topological polar surface area (TPSA) is 99.9 Å². The molecular weight excluding hydrogens is 407 g/mol. The predicted molar refractivity (Wildman–Crippen MR) is 118 cm³/mol. The minimum Gasteiger partial charge on any atom is -0.461 e. The molecule has 0 aliphatic carbocycles. The van der Waals surface area contributed by atoms with E-state index in [1.54, 1.807) is 12.1 Å². The number of nitrogens with zero attached hydrogens (tertiary/aromatic N) is 1. The van der Waals surface area contributed by atoms with Crippen LogP contribution in [0.4, 0.5) is 5.69 Å². The fourth-order valence-corrected chi connectivity index (χ4v) is 3.25. The average Bonchev–Trinajstić information content (AvgIpc) is 2.78. The van der Waals surface area contributed by atoms with Crippen molar-refractivity contribution in [3.8, 4) is 11.5 Å². The Bertz CT molecular complexity index is 754. The summed E-state index contributed by atoms with van der Waals surface area (Å²) in [6.45, 7) is 7.83. The third-order valence-corrected chi connectivity index (χ3v) is 4.90. The van der Waals surface area contributed by atoms with Gasteiger partial charge in [-0.15, -0.1) is 0 Å². The minimum atomic E-state index is -1.72. The number of ether oxygens (including phenoxy) is 1. The van der Waals surface area contributed by atoms with Crippen molar-refractivity contribution in [2.75, 3.05) is 6.54 Å². The van der Waals surface area contributed by atoms with Crippen LogP contribution < -0.4 is 14.1 Å². The summed E-state index contributed by atoms with van der Waals surface area (Å²) in [5, 5.41) is 13.7. The van der Waals surface area contributed by atoms with Crippen LogP contribution in [0.3, 0.4) is 0 Å². The Labute approximate surface area is 178 Å². The van der Waals surface area contributed by atoms with Gasteiger partial charge in [-0.1, -0.05) is 45.9 Å². The third-order valence-electron chi connectivity index (χ3n) is 3.73. The molecule has 2 rings (SSSR count). The molecule has 1 unspecified atom stereocenters. The van der Waals surface area contributed by atoms with Gasteiger partial charge in [-0.25, -0.2) is 5.09 Å². The molecule has 0 amide bonds. The monoisotopic (exact) mass is 436 g/mol. The van der Waals surface area contributed by atoms with E-state index in [9.17, 15) is 14.9 Å². The van der Waals surface area contributed by atoms with Crippen molar-refractivity contribution < 1.29 is 23.5 Å². The Morgan fingerprint density at radius 3 is 2.03 bits per heavy atom. The predicted octanol–water partition coefficient (Wildman–Crippen LogP) is 5.63. The highest BCUT2D eigenvalue weighted by Gasteiger charge is 2.19. The van der Waals surface area contributed by atoms with Gasteiger partial charge in [0.05, 0.1) is 4.92 Å². The molecule has 1 atom stereocenters. The highest BCUT2D eigenvalue weighted by Crippen LogP contribution is 2.37. The number of non-ortho nitro benzene ring substituents is 1. The first-order valence-corrected chi connectivity index (χ1v) is 11.1. The van der Waals surface area contributed by atoms with Gasteiger partial charge in [0, 0.05) is 12.1 Å². The second kappa shape index (κ2) is 14.3. The van der Waals surface area contributed by atoms with Crippen molar-refractivity contribution in [3.63, 3.8) is 0 Å². The molecule has 0 aliphatic rings. The van der Waals surface area contributed by atoms with E-state index in [1.165, 1.54) is 24.3 Å². The highest BCUT2D eigenvalue weighted by atomic mass is 31.2. The summed E-state index contributed by atoms with van der Waals surface area (Å²) in [7, 11) is -1.72. The first kappa shape index (κ1) is 25.3. The molecular formula is C21H29N2O6P. The first-order chi connectivity index (χ1) is 14.5. The molecule has 0 saturated heterocycles.